The van der Waals surface area contributed by atoms with E-state index in [1.807, 2.05) is 0 Å². The highest BCUT2D eigenvalue weighted by molar-refractivity contribution is 7.51. The van der Waals surface area contributed by atoms with Crippen molar-refractivity contribution in [1.29, 1.82) is 0 Å². The normalized spacial score (nSPS) is 13.0. The number of unbranched alkanes of at least 4 members (excludes halogenated alkanes) is 2. The van der Waals surface area contributed by atoms with Gasteiger partial charge < -0.3 is 39.9 Å². The summed E-state index contributed by atoms with van der Waals surface area (Å²) in [5, 5.41) is 6.04. The van der Waals surface area contributed by atoms with Crippen molar-refractivity contribution in [3.8, 4) is 0 Å². The number of nitrogens with one attached hydrogen (secondary N) is 2. The number of nitrogens with zero attached hydrogens (tertiary/aromatic N) is 2. The Balaban J connectivity index is 1.41. The van der Waals surface area contributed by atoms with Gasteiger partial charge in [-0.3, -0.25) is 37.9 Å². The Morgan fingerprint density at radius 1 is 0.603 bits per heavy atom. The van der Waals surface area contributed by atoms with Gasteiger partial charge in [0, 0.05) is 71.1 Å². The lowest BCUT2D eigenvalue weighted by Crippen LogP contribution is -2.39. The molecule has 0 saturated carbocycles. The van der Waals surface area contributed by atoms with Crippen LogP contribution in [-0.2, 0) is 72.7 Å². The second-order valence-electron chi connectivity index (χ2n) is 14.1. The molecule has 1 aliphatic rings. The fourth-order valence-electron chi connectivity index (χ4n) is 5.97. The SMILES string of the molecule is O=C(CCCN(CCNC(=O)Cc1ccc(CP(=O)(O)O)cc1)C(=O)CCCC(=O)NCCCCCC(=O)ON1C(=O)CCC1=O)Cc1ccc(CP(=O)(O)O)cc1. The summed E-state index contributed by atoms with van der Waals surface area (Å²) in [5.74, 6) is -2.72. The maximum absolute atomic E-state index is 13.3. The lowest BCUT2D eigenvalue weighted by molar-refractivity contribution is -0.197. The molecule has 0 radical (unpaired) electrons. The minimum Gasteiger partial charge on any atom is -0.356 e. The van der Waals surface area contributed by atoms with Gasteiger partial charge in [-0.05, 0) is 47.9 Å². The van der Waals surface area contributed by atoms with E-state index in [9.17, 15) is 42.7 Å². The van der Waals surface area contributed by atoms with E-state index in [4.69, 9.17) is 24.4 Å². The zero-order valence-electron chi connectivity index (χ0n) is 32.2. The first-order chi connectivity index (χ1) is 27.4. The summed E-state index contributed by atoms with van der Waals surface area (Å²) in [4.78, 5) is 129. The molecule has 3 rings (SSSR count). The Bertz CT molecular complexity index is 1740. The average molecular weight is 851 g/mol. The van der Waals surface area contributed by atoms with Crippen LogP contribution in [0.15, 0.2) is 48.5 Å². The number of Topliss-reactive ketones (excluding diaryl/α,β-unsaturated/α-hetero) is 1. The number of hydroxylamine groups is 2. The van der Waals surface area contributed by atoms with Crippen molar-refractivity contribution in [2.24, 2.45) is 0 Å². The Kier molecular flexibility index (Phi) is 19.6. The summed E-state index contributed by atoms with van der Waals surface area (Å²) in [6.07, 6.45) is 1.79. The molecule has 18 nitrogen and oxygen atoms in total. The van der Waals surface area contributed by atoms with Crippen LogP contribution in [0, 0.1) is 0 Å². The molecule has 318 valence electrons. The van der Waals surface area contributed by atoms with Gasteiger partial charge in [0.05, 0.1) is 18.7 Å². The topological polar surface area (TPSA) is 274 Å². The van der Waals surface area contributed by atoms with Gasteiger partial charge in [-0.1, -0.05) is 55.0 Å². The number of benzene rings is 2. The van der Waals surface area contributed by atoms with Gasteiger partial charge in [-0.2, -0.15) is 0 Å². The van der Waals surface area contributed by atoms with Crippen LogP contribution in [0.2, 0.25) is 0 Å². The molecule has 0 unspecified atom stereocenters. The van der Waals surface area contributed by atoms with Crippen molar-refractivity contribution in [3.63, 3.8) is 0 Å². The molecule has 0 aliphatic carbocycles. The van der Waals surface area contributed by atoms with Crippen LogP contribution < -0.4 is 10.6 Å². The van der Waals surface area contributed by atoms with E-state index in [0.717, 1.165) is 0 Å². The number of carbonyl (C=O) groups excluding carboxylic acids is 7. The van der Waals surface area contributed by atoms with Gasteiger partial charge in [0.25, 0.3) is 11.8 Å². The predicted octanol–water partition coefficient (Wildman–Crippen LogP) is 2.58. The molecule has 5 amide bonds. The first-order valence-corrected chi connectivity index (χ1v) is 22.6. The van der Waals surface area contributed by atoms with Crippen LogP contribution in [-0.4, -0.2) is 97.0 Å². The lowest BCUT2D eigenvalue weighted by atomic mass is 10.0. The third kappa shape index (κ3) is 19.7. The fraction of sp³-hybridized carbons (Fsp3) is 0.500. The van der Waals surface area contributed by atoms with Gasteiger partial charge >= 0.3 is 21.2 Å². The van der Waals surface area contributed by atoms with Crippen molar-refractivity contribution < 1.29 is 67.1 Å². The van der Waals surface area contributed by atoms with E-state index in [0.29, 0.717) is 59.5 Å². The number of imide groups is 1. The molecule has 1 aliphatic heterocycles. The zero-order valence-corrected chi connectivity index (χ0v) is 34.0. The molecule has 6 N–H and O–H groups in total. The van der Waals surface area contributed by atoms with Crippen molar-refractivity contribution in [3.05, 3.63) is 70.8 Å². The van der Waals surface area contributed by atoms with E-state index in [1.54, 1.807) is 48.5 Å². The van der Waals surface area contributed by atoms with Gasteiger partial charge in [0.2, 0.25) is 17.7 Å². The van der Waals surface area contributed by atoms with Crippen LogP contribution >= 0.6 is 15.2 Å². The molecule has 1 saturated heterocycles. The van der Waals surface area contributed by atoms with E-state index >= 15 is 0 Å². The van der Waals surface area contributed by atoms with Crippen LogP contribution in [0.3, 0.4) is 0 Å². The summed E-state index contributed by atoms with van der Waals surface area (Å²) in [5.41, 5.74) is 2.19. The van der Waals surface area contributed by atoms with Gasteiger partial charge in [0.1, 0.15) is 5.78 Å². The second kappa shape index (κ2) is 23.7. The molecular weight excluding hydrogens is 798 g/mol. The minimum absolute atomic E-state index is 0.00362. The summed E-state index contributed by atoms with van der Waals surface area (Å²) in [6.45, 7) is 0.820. The molecule has 2 aromatic carbocycles. The third-order valence-corrected chi connectivity index (χ3v) is 10.5. The molecule has 2 aromatic rings. The van der Waals surface area contributed by atoms with Gasteiger partial charge in [-0.25, -0.2) is 4.79 Å². The summed E-state index contributed by atoms with van der Waals surface area (Å²) in [7, 11) is -8.45. The number of hydrogen-bond donors (Lipinski definition) is 6. The molecule has 0 spiro atoms. The van der Waals surface area contributed by atoms with Crippen molar-refractivity contribution in [2.45, 2.75) is 95.8 Å². The molecule has 0 aromatic heterocycles. The van der Waals surface area contributed by atoms with E-state index in [1.165, 1.54) is 4.90 Å². The van der Waals surface area contributed by atoms with Crippen molar-refractivity contribution in [1.82, 2.24) is 20.6 Å². The number of amides is 5. The zero-order chi connectivity index (χ0) is 42.7. The maximum atomic E-state index is 13.3. The molecule has 1 heterocycles. The van der Waals surface area contributed by atoms with Crippen LogP contribution in [0.1, 0.15) is 92.9 Å². The van der Waals surface area contributed by atoms with Crippen LogP contribution in [0.4, 0.5) is 0 Å². The Hall–Kier alpha value is -4.57. The first-order valence-electron chi connectivity index (χ1n) is 19.0. The third-order valence-electron chi connectivity index (χ3n) is 8.90. The summed E-state index contributed by atoms with van der Waals surface area (Å²) < 4.78 is 22.5. The Morgan fingerprint density at radius 3 is 1.71 bits per heavy atom. The largest absolute Gasteiger partial charge is 0.356 e. The second-order valence-corrected chi connectivity index (χ2v) is 17.4. The highest BCUT2D eigenvalue weighted by Gasteiger charge is 2.32. The number of rotatable bonds is 26. The van der Waals surface area contributed by atoms with E-state index in [2.05, 4.69) is 10.6 Å². The first kappa shape index (κ1) is 47.8. The Labute approximate surface area is 336 Å². The number of ketones is 1. The molecule has 0 bridgehead atoms. The smallest absolute Gasteiger partial charge is 0.333 e. The fourth-order valence-corrected chi connectivity index (χ4v) is 7.35. The molecule has 20 heteroatoms. The van der Waals surface area contributed by atoms with E-state index in [-0.39, 0.29) is 101 Å². The minimum atomic E-state index is -4.23. The molecular formula is C38H52N4O14P2. The van der Waals surface area contributed by atoms with Crippen LogP contribution in [0.25, 0.3) is 0 Å². The van der Waals surface area contributed by atoms with Gasteiger partial charge in [0.15, 0.2) is 0 Å². The summed E-state index contributed by atoms with van der Waals surface area (Å²) in [6, 6.07) is 12.7. The monoisotopic (exact) mass is 850 g/mol. The Morgan fingerprint density at radius 2 is 1.14 bits per heavy atom. The van der Waals surface area contributed by atoms with Crippen LogP contribution in [0.5, 0.6) is 0 Å². The van der Waals surface area contributed by atoms with E-state index < -0.39 is 45.3 Å². The number of hydrogen-bond acceptors (Lipinski definition) is 10. The lowest BCUT2D eigenvalue weighted by Gasteiger charge is -2.23. The molecule has 1 fully saturated rings. The van der Waals surface area contributed by atoms with Crippen molar-refractivity contribution in [2.75, 3.05) is 26.2 Å². The van der Waals surface area contributed by atoms with Crippen molar-refractivity contribution >= 4 is 56.5 Å². The highest BCUT2D eigenvalue weighted by atomic mass is 31.2. The number of carbonyl (C=O) groups is 7. The quantitative estimate of drug-likeness (QED) is 0.0451. The highest BCUT2D eigenvalue weighted by Crippen LogP contribution is 2.39. The summed E-state index contributed by atoms with van der Waals surface area (Å²) >= 11 is 0. The van der Waals surface area contributed by atoms with Gasteiger partial charge in [-0.15, -0.1) is 5.06 Å². The average Bonchev–Trinajstić information content (AvgIpc) is 3.44. The predicted molar refractivity (Wildman–Crippen MR) is 208 cm³/mol. The maximum Gasteiger partial charge on any atom is 0.333 e. The molecule has 0 atom stereocenters. The molecule has 58 heavy (non-hydrogen) atoms. The standard InChI is InChI=1S/C38H52N4O14P2/c43-32(24-28-10-14-30(15-11-28)26-57(50,51)52)6-5-22-41(23-21-40-34(45)25-29-12-16-31(17-13-29)27-58(53,54)55)35(46)8-4-7-33(44)39-20-3-1-2-9-38(49)56-42-36(47)18-19-37(42)48/h10-17H,1-9,18-27H2,(H,39,44)(H,40,45)(H2,50,51,52)(H2,53,54,55).